The van der Waals surface area contributed by atoms with E-state index in [4.69, 9.17) is 0 Å². The molecule has 0 heteroatoms. The van der Waals surface area contributed by atoms with Crippen molar-refractivity contribution >= 4 is 0 Å². The maximum absolute atomic E-state index is 3.77. The molecule has 174 valence electrons. The average molecular weight is 431 g/mol. The van der Waals surface area contributed by atoms with E-state index in [1.54, 1.807) is 27.9 Å². The van der Waals surface area contributed by atoms with Gasteiger partial charge >= 0.3 is 0 Å². The van der Waals surface area contributed by atoms with Gasteiger partial charge in [0, 0.05) is 5.92 Å². The Morgan fingerprint density at radius 3 is 2.53 bits per heavy atom. The van der Waals surface area contributed by atoms with E-state index in [-0.39, 0.29) is 0 Å². The zero-order chi connectivity index (χ0) is 22.8. The molecule has 0 aromatic heterocycles. The molecule has 0 amide bonds. The standard InChI is InChI=1S/C32H46/c1-8-23-18-21(3)25-11-12-26-24(22(4)19-27(23)30(25)26)13-14-28-20(2)10-15-29-31(5,6)16-9-17-32(28,29)7/h19-20,27-29H,8-17H2,1-7H3/t20-,27?,28-,29-,32+/m0/s1. The minimum absolute atomic E-state index is 0.523. The molecule has 5 atom stereocenters. The Kier molecular flexibility index (Phi) is 5.57. The van der Waals surface area contributed by atoms with E-state index in [9.17, 15) is 0 Å². The van der Waals surface area contributed by atoms with Crippen molar-refractivity contribution in [2.24, 2.45) is 34.5 Å². The SMILES string of the molecule is CCC1=C=C(C)C2=C3C(=C(CC[C@H]4[C@@H](C)CC[C@H]5C(C)(C)CCC[C@]45C)C(C)=CC13)CC2. The first-order valence-corrected chi connectivity index (χ1v) is 13.8. The van der Waals surface area contributed by atoms with E-state index in [0.29, 0.717) is 16.7 Å². The lowest BCUT2D eigenvalue weighted by Gasteiger charge is -2.59. The van der Waals surface area contributed by atoms with E-state index in [0.717, 1.165) is 24.2 Å². The quantitative estimate of drug-likeness (QED) is 0.389. The van der Waals surface area contributed by atoms with E-state index < -0.39 is 0 Å². The molecule has 5 aliphatic carbocycles. The summed E-state index contributed by atoms with van der Waals surface area (Å²) in [5.41, 5.74) is 16.2. The van der Waals surface area contributed by atoms with E-state index in [1.165, 1.54) is 68.9 Å². The molecule has 5 aliphatic rings. The number of hydrogen-bond donors (Lipinski definition) is 0. The molecule has 2 saturated carbocycles. The van der Waals surface area contributed by atoms with Gasteiger partial charge in [-0.15, -0.1) is 5.73 Å². The Morgan fingerprint density at radius 2 is 1.78 bits per heavy atom. The lowest BCUT2D eigenvalue weighted by molar-refractivity contribution is -0.0956. The third-order valence-electron chi connectivity index (χ3n) is 10.8. The van der Waals surface area contributed by atoms with Gasteiger partial charge in [0.1, 0.15) is 0 Å². The zero-order valence-electron chi connectivity index (χ0n) is 22.0. The van der Waals surface area contributed by atoms with Crippen molar-refractivity contribution in [3.63, 3.8) is 0 Å². The van der Waals surface area contributed by atoms with Gasteiger partial charge in [0.05, 0.1) is 0 Å². The lowest BCUT2D eigenvalue weighted by atomic mass is 9.46. The third kappa shape index (κ3) is 3.31. The summed E-state index contributed by atoms with van der Waals surface area (Å²) < 4.78 is 0. The first-order valence-electron chi connectivity index (χ1n) is 13.8. The van der Waals surface area contributed by atoms with E-state index in [2.05, 4.69) is 60.3 Å². The van der Waals surface area contributed by atoms with E-state index >= 15 is 0 Å². The van der Waals surface area contributed by atoms with Crippen molar-refractivity contribution in [1.29, 1.82) is 0 Å². The van der Waals surface area contributed by atoms with Gasteiger partial charge in [-0.3, -0.25) is 0 Å². The monoisotopic (exact) mass is 430 g/mol. The molecule has 0 bridgehead atoms. The first-order chi connectivity index (χ1) is 15.2. The van der Waals surface area contributed by atoms with Crippen LogP contribution >= 0.6 is 0 Å². The second-order valence-electron chi connectivity index (χ2n) is 12.9. The topological polar surface area (TPSA) is 0 Å². The fourth-order valence-electron chi connectivity index (χ4n) is 9.30. The van der Waals surface area contributed by atoms with Crippen molar-refractivity contribution in [2.45, 2.75) is 113 Å². The molecule has 0 nitrogen and oxygen atoms in total. The molecular weight excluding hydrogens is 384 g/mol. The molecule has 32 heavy (non-hydrogen) atoms. The molecule has 0 spiro atoms. The Hall–Kier alpha value is -1.26. The maximum atomic E-state index is 3.77. The molecule has 0 aliphatic heterocycles. The predicted molar refractivity (Wildman–Crippen MR) is 137 cm³/mol. The molecule has 2 fully saturated rings. The Bertz CT molecular complexity index is 970. The highest BCUT2D eigenvalue weighted by molar-refractivity contribution is 5.63. The van der Waals surface area contributed by atoms with Crippen LogP contribution in [0.25, 0.3) is 0 Å². The molecule has 0 radical (unpaired) electrons. The molecule has 0 aromatic carbocycles. The molecular formula is C32H46. The highest BCUT2D eigenvalue weighted by Crippen LogP contribution is 2.62. The average Bonchev–Trinajstić information content (AvgIpc) is 3.17. The summed E-state index contributed by atoms with van der Waals surface area (Å²) in [4.78, 5) is 0. The lowest BCUT2D eigenvalue weighted by Crippen LogP contribution is -2.51. The molecule has 5 rings (SSSR count). The summed E-state index contributed by atoms with van der Waals surface area (Å²) in [6.45, 7) is 17.4. The largest absolute Gasteiger partial charge is 0.117 e. The van der Waals surface area contributed by atoms with Gasteiger partial charge in [-0.1, -0.05) is 59.1 Å². The van der Waals surface area contributed by atoms with Crippen LogP contribution in [0.5, 0.6) is 0 Å². The minimum Gasteiger partial charge on any atom is -0.117 e. The zero-order valence-corrected chi connectivity index (χ0v) is 22.0. The number of fused-ring (bicyclic) bond motifs is 1. The van der Waals surface area contributed by atoms with Crippen molar-refractivity contribution in [2.75, 3.05) is 0 Å². The Morgan fingerprint density at radius 1 is 1.03 bits per heavy atom. The van der Waals surface area contributed by atoms with Crippen LogP contribution in [0.3, 0.4) is 0 Å². The van der Waals surface area contributed by atoms with Gasteiger partial charge in [-0.2, -0.15) is 0 Å². The van der Waals surface area contributed by atoms with Gasteiger partial charge in [-0.25, -0.2) is 0 Å². The molecule has 1 unspecified atom stereocenters. The van der Waals surface area contributed by atoms with Crippen LogP contribution in [-0.4, -0.2) is 0 Å². The molecule has 0 aromatic rings. The summed E-state index contributed by atoms with van der Waals surface area (Å²) in [6, 6.07) is 0. The predicted octanol–water partition coefficient (Wildman–Crippen LogP) is 9.50. The smallest absolute Gasteiger partial charge is 0.0315 e. The van der Waals surface area contributed by atoms with Gasteiger partial charge in [0.15, 0.2) is 0 Å². The van der Waals surface area contributed by atoms with Gasteiger partial charge < -0.3 is 0 Å². The Balaban J connectivity index is 1.44. The maximum Gasteiger partial charge on any atom is 0.0315 e. The van der Waals surface area contributed by atoms with Crippen LogP contribution in [0.2, 0.25) is 0 Å². The van der Waals surface area contributed by atoms with Crippen LogP contribution in [0, 0.1) is 34.5 Å². The van der Waals surface area contributed by atoms with Crippen molar-refractivity contribution in [1.82, 2.24) is 0 Å². The van der Waals surface area contributed by atoms with Crippen LogP contribution in [0.1, 0.15) is 113 Å². The summed E-state index contributed by atoms with van der Waals surface area (Å²) in [6.07, 6.45) is 16.2. The highest BCUT2D eigenvalue weighted by Gasteiger charge is 2.53. The second-order valence-corrected chi connectivity index (χ2v) is 12.9. The van der Waals surface area contributed by atoms with Crippen LogP contribution in [-0.2, 0) is 0 Å². The fourth-order valence-corrected chi connectivity index (χ4v) is 9.30. The van der Waals surface area contributed by atoms with Gasteiger partial charge in [0.2, 0.25) is 0 Å². The van der Waals surface area contributed by atoms with E-state index in [1.807, 2.05) is 0 Å². The summed E-state index contributed by atoms with van der Waals surface area (Å²) >= 11 is 0. The summed E-state index contributed by atoms with van der Waals surface area (Å²) in [5.74, 6) is 3.20. The van der Waals surface area contributed by atoms with Gasteiger partial charge in [0.25, 0.3) is 0 Å². The molecule has 0 saturated heterocycles. The van der Waals surface area contributed by atoms with Crippen LogP contribution in [0.4, 0.5) is 0 Å². The fraction of sp³-hybridized carbons (Fsp3) is 0.719. The molecule has 0 N–H and O–H groups in total. The van der Waals surface area contributed by atoms with Gasteiger partial charge in [-0.05, 0) is 127 Å². The normalized spacial score (nSPS) is 38.2. The number of allylic oxidation sites excluding steroid dienone is 7. The first kappa shape index (κ1) is 22.5. The summed E-state index contributed by atoms with van der Waals surface area (Å²) in [5, 5.41) is 0. The van der Waals surface area contributed by atoms with Crippen LogP contribution < -0.4 is 0 Å². The highest BCUT2D eigenvalue weighted by atomic mass is 14.6. The third-order valence-corrected chi connectivity index (χ3v) is 10.8. The molecule has 0 heterocycles. The minimum atomic E-state index is 0.523. The van der Waals surface area contributed by atoms with Crippen molar-refractivity contribution in [3.05, 3.63) is 50.8 Å². The second kappa shape index (κ2) is 7.91. The van der Waals surface area contributed by atoms with Crippen LogP contribution in [0.15, 0.2) is 50.8 Å². The summed E-state index contributed by atoms with van der Waals surface area (Å²) in [7, 11) is 0. The number of rotatable bonds is 4. The van der Waals surface area contributed by atoms with Crippen molar-refractivity contribution in [3.8, 4) is 0 Å². The van der Waals surface area contributed by atoms with Crippen molar-refractivity contribution < 1.29 is 0 Å². The number of hydrogen-bond acceptors (Lipinski definition) is 0. The Labute approximate surface area is 198 Å².